The molecule has 1 aromatic heterocycles. The van der Waals surface area contributed by atoms with Crippen LogP contribution in [0.3, 0.4) is 0 Å². The third-order valence-electron chi connectivity index (χ3n) is 2.21. The number of aromatic nitrogens is 1. The van der Waals surface area contributed by atoms with Gasteiger partial charge in [0.2, 0.25) is 0 Å². The lowest BCUT2D eigenvalue weighted by Crippen LogP contribution is -2.13. The lowest BCUT2D eigenvalue weighted by molar-refractivity contribution is 0.156. The van der Waals surface area contributed by atoms with Crippen LogP contribution >= 0.6 is 22.9 Å². The molecule has 0 saturated heterocycles. The number of halogens is 1. The van der Waals surface area contributed by atoms with E-state index in [0.717, 1.165) is 10.6 Å². The number of hydrogen-bond acceptors (Lipinski definition) is 5. The summed E-state index contributed by atoms with van der Waals surface area (Å²) >= 11 is 6.95. The molecule has 0 unspecified atom stereocenters. The SMILES string of the molecule is COc1ccc(NC(=O)OCc2cnc(Cl)s2)cc1. The first kappa shape index (κ1) is 13.6. The summed E-state index contributed by atoms with van der Waals surface area (Å²) in [6.45, 7) is 0.145. The van der Waals surface area contributed by atoms with Crippen molar-refractivity contribution < 1.29 is 14.3 Å². The van der Waals surface area contributed by atoms with E-state index in [9.17, 15) is 4.79 Å². The van der Waals surface area contributed by atoms with Crippen molar-refractivity contribution in [3.8, 4) is 5.75 Å². The van der Waals surface area contributed by atoms with Gasteiger partial charge in [0.25, 0.3) is 0 Å². The topological polar surface area (TPSA) is 60.5 Å². The number of methoxy groups -OCH3 is 1. The van der Waals surface area contributed by atoms with Gasteiger partial charge in [-0.3, -0.25) is 5.32 Å². The van der Waals surface area contributed by atoms with Gasteiger partial charge in [0, 0.05) is 11.9 Å². The summed E-state index contributed by atoms with van der Waals surface area (Å²) in [5, 5.41) is 2.60. The fourth-order valence-corrected chi connectivity index (χ4v) is 2.21. The molecule has 0 atom stereocenters. The number of carbonyl (C=O) groups is 1. The zero-order valence-electron chi connectivity index (χ0n) is 10.1. The number of hydrogen-bond donors (Lipinski definition) is 1. The molecule has 0 aliphatic carbocycles. The minimum Gasteiger partial charge on any atom is -0.497 e. The van der Waals surface area contributed by atoms with Crippen molar-refractivity contribution in [2.24, 2.45) is 0 Å². The molecule has 1 amide bonds. The zero-order chi connectivity index (χ0) is 13.7. The van der Waals surface area contributed by atoms with Crippen molar-refractivity contribution in [1.29, 1.82) is 0 Å². The van der Waals surface area contributed by atoms with Crippen molar-refractivity contribution in [3.05, 3.63) is 39.8 Å². The summed E-state index contributed by atoms with van der Waals surface area (Å²) in [6, 6.07) is 6.95. The van der Waals surface area contributed by atoms with Crippen LogP contribution in [0.4, 0.5) is 10.5 Å². The van der Waals surface area contributed by atoms with Crippen LogP contribution in [0.25, 0.3) is 0 Å². The number of anilines is 1. The Morgan fingerprint density at radius 2 is 2.16 bits per heavy atom. The summed E-state index contributed by atoms with van der Waals surface area (Å²) in [7, 11) is 1.58. The van der Waals surface area contributed by atoms with Gasteiger partial charge < -0.3 is 9.47 Å². The highest BCUT2D eigenvalue weighted by Gasteiger charge is 2.06. The van der Waals surface area contributed by atoms with Crippen LogP contribution < -0.4 is 10.1 Å². The van der Waals surface area contributed by atoms with Crippen LogP contribution in [0.2, 0.25) is 4.47 Å². The first-order chi connectivity index (χ1) is 9.17. The maximum absolute atomic E-state index is 11.5. The molecule has 7 heteroatoms. The van der Waals surface area contributed by atoms with Gasteiger partial charge in [-0.2, -0.15) is 0 Å². The molecular formula is C12H11ClN2O3S. The molecule has 1 N–H and O–H groups in total. The zero-order valence-corrected chi connectivity index (χ0v) is 11.6. The number of benzene rings is 1. The van der Waals surface area contributed by atoms with E-state index in [1.54, 1.807) is 37.6 Å². The minimum absolute atomic E-state index is 0.145. The van der Waals surface area contributed by atoms with Crippen LogP contribution in [0, 0.1) is 0 Å². The van der Waals surface area contributed by atoms with Gasteiger partial charge in [-0.15, -0.1) is 11.3 Å². The van der Waals surface area contributed by atoms with Crippen LogP contribution in [-0.2, 0) is 11.3 Å². The van der Waals surface area contributed by atoms with Crippen molar-refractivity contribution in [2.75, 3.05) is 12.4 Å². The van der Waals surface area contributed by atoms with Crippen molar-refractivity contribution >= 4 is 34.7 Å². The second kappa shape index (κ2) is 6.40. The molecule has 5 nitrogen and oxygen atoms in total. The molecule has 100 valence electrons. The molecule has 1 aromatic carbocycles. The molecule has 0 saturated carbocycles. The fourth-order valence-electron chi connectivity index (χ4n) is 1.32. The molecule has 0 bridgehead atoms. The number of nitrogens with one attached hydrogen (secondary N) is 1. The highest BCUT2D eigenvalue weighted by atomic mass is 35.5. The Kier molecular flexibility index (Phi) is 4.59. The second-order valence-electron chi connectivity index (χ2n) is 3.51. The Bertz CT molecular complexity index is 556. The van der Waals surface area contributed by atoms with E-state index in [1.165, 1.54) is 11.3 Å². The summed E-state index contributed by atoms with van der Waals surface area (Å²) < 4.78 is 10.5. The van der Waals surface area contributed by atoms with E-state index < -0.39 is 6.09 Å². The summed E-state index contributed by atoms with van der Waals surface area (Å²) in [5.41, 5.74) is 0.633. The van der Waals surface area contributed by atoms with E-state index in [1.807, 2.05) is 0 Å². The maximum atomic E-state index is 11.5. The smallest absolute Gasteiger partial charge is 0.411 e. The Hall–Kier alpha value is -1.79. The highest BCUT2D eigenvalue weighted by molar-refractivity contribution is 7.15. The molecule has 19 heavy (non-hydrogen) atoms. The summed E-state index contributed by atoms with van der Waals surface area (Å²) in [5.74, 6) is 0.721. The van der Waals surface area contributed by atoms with Crippen molar-refractivity contribution in [1.82, 2.24) is 4.98 Å². The number of rotatable bonds is 4. The number of thiazole rings is 1. The average molecular weight is 299 g/mol. The highest BCUT2D eigenvalue weighted by Crippen LogP contribution is 2.19. The third kappa shape index (κ3) is 4.11. The lowest BCUT2D eigenvalue weighted by atomic mass is 10.3. The third-order valence-corrected chi connectivity index (χ3v) is 3.30. The van der Waals surface area contributed by atoms with Crippen LogP contribution in [0.15, 0.2) is 30.5 Å². The summed E-state index contributed by atoms with van der Waals surface area (Å²) in [6.07, 6.45) is 1.04. The van der Waals surface area contributed by atoms with E-state index >= 15 is 0 Å². The van der Waals surface area contributed by atoms with Gasteiger partial charge in [0.05, 0.1) is 12.0 Å². The molecule has 2 aromatic rings. The van der Waals surface area contributed by atoms with Crippen LogP contribution in [0.5, 0.6) is 5.75 Å². The Labute approximate surface area is 119 Å². The van der Waals surface area contributed by atoms with Gasteiger partial charge in [-0.1, -0.05) is 11.6 Å². The molecule has 0 radical (unpaired) electrons. The predicted molar refractivity (Wildman–Crippen MR) is 73.9 cm³/mol. The molecule has 0 spiro atoms. The molecule has 0 fully saturated rings. The maximum Gasteiger partial charge on any atom is 0.411 e. The van der Waals surface area contributed by atoms with E-state index in [0.29, 0.717) is 10.2 Å². The first-order valence-corrected chi connectivity index (χ1v) is 6.55. The molecule has 2 rings (SSSR count). The lowest BCUT2D eigenvalue weighted by Gasteiger charge is -2.06. The van der Waals surface area contributed by atoms with Gasteiger partial charge in [-0.05, 0) is 24.3 Å². The minimum atomic E-state index is -0.533. The Morgan fingerprint density at radius 3 is 2.74 bits per heavy atom. The molecule has 1 heterocycles. The van der Waals surface area contributed by atoms with Crippen molar-refractivity contribution in [3.63, 3.8) is 0 Å². The number of amides is 1. The molecule has 0 aliphatic rings. The first-order valence-electron chi connectivity index (χ1n) is 5.35. The number of nitrogens with zero attached hydrogens (tertiary/aromatic N) is 1. The number of carbonyl (C=O) groups excluding carboxylic acids is 1. The largest absolute Gasteiger partial charge is 0.497 e. The Morgan fingerprint density at radius 1 is 1.42 bits per heavy atom. The van der Waals surface area contributed by atoms with Crippen LogP contribution in [-0.4, -0.2) is 18.2 Å². The predicted octanol–water partition coefficient (Wildman–Crippen LogP) is 3.55. The summed E-state index contributed by atoms with van der Waals surface area (Å²) in [4.78, 5) is 16.2. The normalized spacial score (nSPS) is 10.0. The standard InChI is InChI=1S/C12H11ClN2O3S/c1-17-9-4-2-8(3-5-9)15-12(16)18-7-10-6-14-11(13)19-10/h2-6H,7H2,1H3,(H,15,16). The van der Waals surface area contributed by atoms with Gasteiger partial charge in [0.1, 0.15) is 12.4 Å². The molecular weight excluding hydrogens is 288 g/mol. The second-order valence-corrected chi connectivity index (χ2v) is 5.21. The van der Waals surface area contributed by atoms with Crippen molar-refractivity contribution in [2.45, 2.75) is 6.61 Å². The molecule has 0 aliphatic heterocycles. The number of ether oxygens (including phenoxy) is 2. The fraction of sp³-hybridized carbons (Fsp3) is 0.167. The average Bonchev–Trinajstić information content (AvgIpc) is 2.83. The Balaban J connectivity index is 1.83. The monoisotopic (exact) mass is 298 g/mol. The van der Waals surface area contributed by atoms with Crippen LogP contribution in [0.1, 0.15) is 4.88 Å². The van der Waals surface area contributed by atoms with E-state index in [4.69, 9.17) is 21.1 Å². The van der Waals surface area contributed by atoms with Gasteiger partial charge in [0.15, 0.2) is 4.47 Å². The van der Waals surface area contributed by atoms with E-state index in [2.05, 4.69) is 10.3 Å². The van der Waals surface area contributed by atoms with Gasteiger partial charge in [-0.25, -0.2) is 9.78 Å². The van der Waals surface area contributed by atoms with E-state index in [-0.39, 0.29) is 6.61 Å². The van der Waals surface area contributed by atoms with Gasteiger partial charge >= 0.3 is 6.09 Å². The quantitative estimate of drug-likeness (QED) is 0.937.